The smallest absolute Gasteiger partial charge is 0.139 e. The van der Waals surface area contributed by atoms with Gasteiger partial charge in [0, 0.05) is 41.6 Å². The van der Waals surface area contributed by atoms with Crippen molar-refractivity contribution >= 4 is 10.9 Å². The molecule has 1 aromatic carbocycles. The molecule has 16 heavy (non-hydrogen) atoms. The van der Waals surface area contributed by atoms with Crippen LogP contribution in [0.15, 0.2) is 42.9 Å². The lowest BCUT2D eigenvalue weighted by atomic mass is 10.2. The van der Waals surface area contributed by atoms with Crippen LogP contribution in [0, 0.1) is 0 Å². The minimum Gasteiger partial charge on any atom is -0.347 e. The molecule has 0 atom stereocenters. The molecule has 0 bridgehead atoms. The molecular weight excluding hydrogens is 198 g/mol. The molecule has 0 aliphatic rings. The molecule has 2 aromatic heterocycles. The Kier molecular flexibility index (Phi) is 2.03. The molecular formula is C13H13N3. The van der Waals surface area contributed by atoms with Gasteiger partial charge in [-0.1, -0.05) is 18.2 Å². The molecule has 0 fully saturated rings. The van der Waals surface area contributed by atoms with Crippen LogP contribution in [0.3, 0.4) is 0 Å². The van der Waals surface area contributed by atoms with Crippen molar-refractivity contribution in [3.8, 4) is 11.4 Å². The molecule has 0 unspecified atom stereocenters. The summed E-state index contributed by atoms with van der Waals surface area (Å²) in [7, 11) is 0. The highest BCUT2D eigenvalue weighted by Crippen LogP contribution is 2.28. The lowest BCUT2D eigenvalue weighted by molar-refractivity contribution is 0.798. The summed E-state index contributed by atoms with van der Waals surface area (Å²) in [6.07, 6.45) is 5.80. The second-order valence-electron chi connectivity index (χ2n) is 3.78. The molecule has 0 aliphatic carbocycles. The number of nitrogens with zero attached hydrogens (tertiary/aromatic N) is 2. The number of para-hydroxylation sites is 1. The van der Waals surface area contributed by atoms with Gasteiger partial charge in [0.15, 0.2) is 0 Å². The Morgan fingerprint density at radius 1 is 1.31 bits per heavy atom. The summed E-state index contributed by atoms with van der Waals surface area (Å²) in [6.45, 7) is 3.12. The standard InChI is InChI=1S/C13H13N3/c1-2-16-9-11(13-14-7-8-15-13)10-5-3-4-6-12(10)16/h3-9H,2H2,1H3,(H,14,15). The van der Waals surface area contributed by atoms with Gasteiger partial charge < -0.3 is 9.55 Å². The van der Waals surface area contributed by atoms with E-state index in [2.05, 4.69) is 51.9 Å². The molecule has 0 amide bonds. The Hall–Kier alpha value is -2.03. The fraction of sp³-hybridized carbons (Fsp3) is 0.154. The van der Waals surface area contributed by atoms with Gasteiger partial charge in [-0.2, -0.15) is 0 Å². The van der Waals surface area contributed by atoms with Crippen LogP contribution < -0.4 is 0 Å². The molecule has 0 radical (unpaired) electrons. The molecule has 3 aromatic rings. The van der Waals surface area contributed by atoms with E-state index in [4.69, 9.17) is 0 Å². The molecule has 0 spiro atoms. The lowest BCUT2D eigenvalue weighted by Gasteiger charge is -1.97. The fourth-order valence-electron chi connectivity index (χ4n) is 2.11. The number of imidazole rings is 1. The molecule has 0 saturated carbocycles. The van der Waals surface area contributed by atoms with Crippen LogP contribution in [-0.2, 0) is 6.54 Å². The van der Waals surface area contributed by atoms with Gasteiger partial charge in [-0.3, -0.25) is 0 Å². The van der Waals surface area contributed by atoms with Gasteiger partial charge in [0.25, 0.3) is 0 Å². The van der Waals surface area contributed by atoms with E-state index in [1.165, 1.54) is 16.5 Å². The van der Waals surface area contributed by atoms with Crippen molar-refractivity contribution in [2.24, 2.45) is 0 Å². The normalized spacial score (nSPS) is 11.1. The maximum atomic E-state index is 4.32. The molecule has 0 aliphatic heterocycles. The van der Waals surface area contributed by atoms with Crippen molar-refractivity contribution in [1.29, 1.82) is 0 Å². The topological polar surface area (TPSA) is 33.6 Å². The minimum atomic E-state index is 0.934. The highest BCUT2D eigenvalue weighted by Gasteiger charge is 2.09. The number of rotatable bonds is 2. The third-order valence-electron chi connectivity index (χ3n) is 2.88. The van der Waals surface area contributed by atoms with Crippen molar-refractivity contribution in [3.05, 3.63) is 42.9 Å². The highest BCUT2D eigenvalue weighted by molar-refractivity contribution is 5.94. The van der Waals surface area contributed by atoms with Crippen LogP contribution in [-0.4, -0.2) is 14.5 Å². The zero-order valence-electron chi connectivity index (χ0n) is 9.14. The highest BCUT2D eigenvalue weighted by atomic mass is 15.0. The Labute approximate surface area is 93.7 Å². The number of H-pyrrole nitrogens is 1. The summed E-state index contributed by atoms with van der Waals surface area (Å²) in [6, 6.07) is 8.42. The van der Waals surface area contributed by atoms with Crippen LogP contribution in [0.5, 0.6) is 0 Å². The first-order valence-corrected chi connectivity index (χ1v) is 5.47. The third kappa shape index (κ3) is 1.25. The maximum absolute atomic E-state index is 4.32. The quantitative estimate of drug-likeness (QED) is 0.694. The van der Waals surface area contributed by atoms with E-state index in [-0.39, 0.29) is 0 Å². The fourth-order valence-corrected chi connectivity index (χ4v) is 2.11. The number of fused-ring (bicyclic) bond motifs is 1. The summed E-state index contributed by atoms with van der Waals surface area (Å²) >= 11 is 0. The second kappa shape index (κ2) is 3.52. The number of hydrogen-bond donors (Lipinski definition) is 1. The summed E-state index contributed by atoms with van der Waals surface area (Å²) in [4.78, 5) is 7.47. The Bertz CT molecular complexity index is 605. The van der Waals surface area contributed by atoms with Crippen molar-refractivity contribution in [3.63, 3.8) is 0 Å². The van der Waals surface area contributed by atoms with Crippen LogP contribution in [0.4, 0.5) is 0 Å². The third-order valence-corrected chi connectivity index (χ3v) is 2.88. The number of benzene rings is 1. The van der Waals surface area contributed by atoms with Crippen LogP contribution >= 0.6 is 0 Å². The molecule has 80 valence electrons. The first kappa shape index (κ1) is 9.21. The van der Waals surface area contributed by atoms with Crippen molar-refractivity contribution < 1.29 is 0 Å². The zero-order valence-corrected chi connectivity index (χ0v) is 9.14. The first-order chi connectivity index (χ1) is 7.90. The van der Waals surface area contributed by atoms with Gasteiger partial charge in [0.1, 0.15) is 5.82 Å². The Morgan fingerprint density at radius 3 is 2.94 bits per heavy atom. The van der Waals surface area contributed by atoms with E-state index < -0.39 is 0 Å². The summed E-state index contributed by atoms with van der Waals surface area (Å²) < 4.78 is 2.24. The van der Waals surface area contributed by atoms with E-state index in [1.54, 1.807) is 6.20 Å². The molecule has 1 N–H and O–H groups in total. The van der Waals surface area contributed by atoms with E-state index in [1.807, 2.05) is 6.20 Å². The summed E-state index contributed by atoms with van der Waals surface area (Å²) in [5, 5.41) is 1.25. The second-order valence-corrected chi connectivity index (χ2v) is 3.78. The largest absolute Gasteiger partial charge is 0.347 e. The number of nitrogens with one attached hydrogen (secondary N) is 1. The number of hydrogen-bond acceptors (Lipinski definition) is 1. The predicted octanol–water partition coefficient (Wildman–Crippen LogP) is 3.05. The monoisotopic (exact) mass is 211 g/mol. The van der Waals surface area contributed by atoms with Crippen molar-refractivity contribution in [2.75, 3.05) is 0 Å². The lowest BCUT2D eigenvalue weighted by Crippen LogP contribution is -1.89. The SMILES string of the molecule is CCn1cc(-c2ncc[nH]2)c2ccccc21. The van der Waals surface area contributed by atoms with Gasteiger partial charge in [-0.15, -0.1) is 0 Å². The first-order valence-electron chi connectivity index (χ1n) is 5.47. The van der Waals surface area contributed by atoms with E-state index in [0.29, 0.717) is 0 Å². The van der Waals surface area contributed by atoms with Crippen LogP contribution in [0.1, 0.15) is 6.92 Å². The van der Waals surface area contributed by atoms with Crippen molar-refractivity contribution in [1.82, 2.24) is 14.5 Å². The van der Waals surface area contributed by atoms with Gasteiger partial charge in [0.2, 0.25) is 0 Å². The number of aromatic nitrogens is 3. The number of aromatic amines is 1. The van der Waals surface area contributed by atoms with Crippen LogP contribution in [0.2, 0.25) is 0 Å². The molecule has 3 rings (SSSR count). The van der Waals surface area contributed by atoms with Gasteiger partial charge in [0.05, 0.1) is 0 Å². The average Bonchev–Trinajstić information content (AvgIpc) is 2.95. The van der Waals surface area contributed by atoms with Crippen LogP contribution in [0.25, 0.3) is 22.3 Å². The van der Waals surface area contributed by atoms with Gasteiger partial charge in [-0.25, -0.2) is 4.98 Å². The average molecular weight is 211 g/mol. The molecule has 3 nitrogen and oxygen atoms in total. The Balaban J connectivity index is 2.33. The molecule has 2 heterocycles. The molecule has 0 saturated heterocycles. The van der Waals surface area contributed by atoms with Gasteiger partial charge >= 0.3 is 0 Å². The maximum Gasteiger partial charge on any atom is 0.139 e. The van der Waals surface area contributed by atoms with Crippen molar-refractivity contribution in [2.45, 2.75) is 13.5 Å². The minimum absolute atomic E-state index is 0.934. The summed E-state index contributed by atoms with van der Waals surface area (Å²) in [5.74, 6) is 0.934. The van der Waals surface area contributed by atoms with E-state index >= 15 is 0 Å². The number of aryl methyl sites for hydroxylation is 1. The summed E-state index contributed by atoms with van der Waals surface area (Å²) in [5.41, 5.74) is 2.43. The Morgan fingerprint density at radius 2 is 2.19 bits per heavy atom. The van der Waals surface area contributed by atoms with E-state index in [9.17, 15) is 0 Å². The van der Waals surface area contributed by atoms with E-state index in [0.717, 1.165) is 12.4 Å². The zero-order chi connectivity index (χ0) is 11.0. The van der Waals surface area contributed by atoms with Gasteiger partial charge in [-0.05, 0) is 13.0 Å². The predicted molar refractivity (Wildman–Crippen MR) is 65.2 cm³/mol. The molecule has 3 heteroatoms.